The van der Waals surface area contributed by atoms with Gasteiger partial charge in [0.15, 0.2) is 0 Å². The monoisotopic (exact) mass is 280 g/mol. The summed E-state index contributed by atoms with van der Waals surface area (Å²) in [5.74, 6) is -0.362. The van der Waals surface area contributed by atoms with Crippen molar-refractivity contribution in [2.24, 2.45) is 11.7 Å². The van der Waals surface area contributed by atoms with Gasteiger partial charge in [-0.3, -0.25) is 9.59 Å². The molecular weight excluding hydrogens is 264 g/mol. The Labute approximate surface area is 123 Å². The van der Waals surface area contributed by atoms with Gasteiger partial charge in [0.1, 0.15) is 0 Å². The van der Waals surface area contributed by atoms with E-state index in [0.717, 1.165) is 6.42 Å². The minimum Gasteiger partial charge on any atom is -0.366 e. The highest BCUT2D eigenvalue weighted by molar-refractivity contribution is 6.04. The zero-order valence-electron chi connectivity index (χ0n) is 11.5. The maximum Gasteiger partial charge on any atom is 0.250 e. The number of nitrogens with two attached hydrogens (primary N) is 1. The first kappa shape index (κ1) is 13.4. The van der Waals surface area contributed by atoms with Gasteiger partial charge in [0, 0.05) is 5.92 Å². The molecule has 3 N–H and O–H groups in total. The van der Waals surface area contributed by atoms with E-state index in [4.69, 9.17) is 5.73 Å². The zero-order chi connectivity index (χ0) is 14.8. The normalized spacial score (nSPS) is 19.8. The SMILES string of the molecule is NC(=O)c1ccccc1NC(=O)[C@@H]1CC1c1ccccc1. The smallest absolute Gasteiger partial charge is 0.250 e. The molecule has 1 saturated carbocycles. The van der Waals surface area contributed by atoms with E-state index >= 15 is 0 Å². The Morgan fingerprint density at radius 3 is 2.38 bits per heavy atom. The minimum atomic E-state index is -0.540. The fourth-order valence-corrected chi connectivity index (χ4v) is 2.59. The van der Waals surface area contributed by atoms with Crippen molar-refractivity contribution in [3.63, 3.8) is 0 Å². The predicted octanol–water partition coefficient (Wildman–Crippen LogP) is 2.53. The molecule has 1 aliphatic carbocycles. The van der Waals surface area contributed by atoms with Crippen LogP contribution >= 0.6 is 0 Å². The van der Waals surface area contributed by atoms with Crippen LogP contribution < -0.4 is 11.1 Å². The molecule has 0 bridgehead atoms. The van der Waals surface area contributed by atoms with Crippen LogP contribution in [0.15, 0.2) is 54.6 Å². The van der Waals surface area contributed by atoms with E-state index in [0.29, 0.717) is 11.3 Å². The van der Waals surface area contributed by atoms with Gasteiger partial charge in [-0.25, -0.2) is 0 Å². The number of carbonyl (C=O) groups is 2. The topological polar surface area (TPSA) is 72.2 Å². The zero-order valence-corrected chi connectivity index (χ0v) is 11.5. The van der Waals surface area contributed by atoms with E-state index in [1.807, 2.05) is 30.3 Å². The molecule has 1 fully saturated rings. The van der Waals surface area contributed by atoms with Gasteiger partial charge in [0.2, 0.25) is 5.91 Å². The lowest BCUT2D eigenvalue weighted by Crippen LogP contribution is -2.19. The molecule has 0 heterocycles. The third-order valence-electron chi connectivity index (χ3n) is 3.81. The van der Waals surface area contributed by atoms with Crippen LogP contribution in [0.5, 0.6) is 0 Å². The second-order valence-electron chi connectivity index (χ2n) is 5.26. The largest absolute Gasteiger partial charge is 0.366 e. The molecule has 2 amide bonds. The maximum atomic E-state index is 12.3. The number of primary amides is 1. The lowest BCUT2D eigenvalue weighted by Gasteiger charge is -2.08. The van der Waals surface area contributed by atoms with Gasteiger partial charge >= 0.3 is 0 Å². The van der Waals surface area contributed by atoms with Crippen molar-refractivity contribution in [3.05, 3.63) is 65.7 Å². The molecule has 106 valence electrons. The van der Waals surface area contributed by atoms with Crippen LogP contribution in [-0.4, -0.2) is 11.8 Å². The third-order valence-corrected chi connectivity index (χ3v) is 3.81. The van der Waals surface area contributed by atoms with Crippen LogP contribution in [0.1, 0.15) is 28.3 Å². The summed E-state index contributed by atoms with van der Waals surface area (Å²) in [7, 11) is 0. The standard InChI is InChI=1S/C17H16N2O2/c18-16(20)12-8-4-5-9-15(12)19-17(21)14-10-13(14)11-6-2-1-3-7-11/h1-9,13-14H,10H2,(H2,18,20)(H,19,21)/t13?,14-/m1/s1. The van der Waals surface area contributed by atoms with Crippen LogP contribution in [0.4, 0.5) is 5.69 Å². The Balaban J connectivity index is 1.70. The first-order chi connectivity index (χ1) is 10.2. The summed E-state index contributed by atoms with van der Waals surface area (Å²) >= 11 is 0. The van der Waals surface area contributed by atoms with Crippen molar-refractivity contribution in [2.75, 3.05) is 5.32 Å². The number of para-hydroxylation sites is 1. The van der Waals surface area contributed by atoms with Crippen molar-refractivity contribution in [2.45, 2.75) is 12.3 Å². The van der Waals surface area contributed by atoms with Gasteiger partial charge in [-0.1, -0.05) is 42.5 Å². The molecule has 0 aliphatic heterocycles. The van der Waals surface area contributed by atoms with Gasteiger partial charge in [-0.15, -0.1) is 0 Å². The molecule has 0 saturated heterocycles. The van der Waals surface area contributed by atoms with Crippen molar-refractivity contribution in [3.8, 4) is 0 Å². The van der Waals surface area contributed by atoms with E-state index in [-0.39, 0.29) is 17.7 Å². The van der Waals surface area contributed by atoms with E-state index in [1.165, 1.54) is 5.56 Å². The Kier molecular flexibility index (Phi) is 3.44. The number of rotatable bonds is 4. The Bertz CT molecular complexity index is 682. The number of nitrogens with one attached hydrogen (secondary N) is 1. The second-order valence-corrected chi connectivity index (χ2v) is 5.26. The molecule has 1 unspecified atom stereocenters. The summed E-state index contributed by atoms with van der Waals surface area (Å²) in [6.45, 7) is 0. The van der Waals surface area contributed by atoms with Crippen LogP contribution in [0, 0.1) is 5.92 Å². The lowest BCUT2D eigenvalue weighted by atomic mass is 10.1. The van der Waals surface area contributed by atoms with E-state index in [1.54, 1.807) is 24.3 Å². The van der Waals surface area contributed by atoms with E-state index in [9.17, 15) is 9.59 Å². The molecular formula is C17H16N2O2. The summed E-state index contributed by atoms with van der Waals surface area (Å²) in [5.41, 5.74) is 7.31. The molecule has 4 heteroatoms. The number of hydrogen-bond acceptors (Lipinski definition) is 2. The molecule has 2 atom stereocenters. The summed E-state index contributed by atoms with van der Waals surface area (Å²) in [6, 6.07) is 16.8. The lowest BCUT2D eigenvalue weighted by molar-refractivity contribution is -0.117. The van der Waals surface area contributed by atoms with Crippen molar-refractivity contribution in [1.82, 2.24) is 0 Å². The molecule has 3 rings (SSSR count). The van der Waals surface area contributed by atoms with E-state index < -0.39 is 5.91 Å². The Morgan fingerprint density at radius 2 is 1.67 bits per heavy atom. The minimum absolute atomic E-state index is 0.0340. The number of amides is 2. The van der Waals surface area contributed by atoms with Crippen molar-refractivity contribution in [1.29, 1.82) is 0 Å². The third kappa shape index (κ3) is 2.79. The van der Waals surface area contributed by atoms with Gasteiger partial charge in [0.05, 0.1) is 11.3 Å². The van der Waals surface area contributed by atoms with Crippen LogP contribution in [0.3, 0.4) is 0 Å². The van der Waals surface area contributed by atoms with Crippen LogP contribution in [0.25, 0.3) is 0 Å². The summed E-state index contributed by atoms with van der Waals surface area (Å²) in [5, 5.41) is 2.81. The molecule has 2 aromatic carbocycles. The maximum absolute atomic E-state index is 12.3. The van der Waals surface area contributed by atoms with Crippen molar-refractivity contribution < 1.29 is 9.59 Å². The first-order valence-corrected chi connectivity index (χ1v) is 6.91. The highest BCUT2D eigenvalue weighted by Gasteiger charge is 2.43. The average molecular weight is 280 g/mol. The van der Waals surface area contributed by atoms with E-state index in [2.05, 4.69) is 5.32 Å². The van der Waals surface area contributed by atoms with Crippen LogP contribution in [0.2, 0.25) is 0 Å². The predicted molar refractivity (Wildman–Crippen MR) is 80.9 cm³/mol. The van der Waals surface area contributed by atoms with Gasteiger partial charge in [0.25, 0.3) is 5.91 Å². The summed E-state index contributed by atoms with van der Waals surface area (Å²) in [6.07, 6.45) is 0.842. The van der Waals surface area contributed by atoms with Crippen molar-refractivity contribution >= 4 is 17.5 Å². The first-order valence-electron chi connectivity index (χ1n) is 6.91. The summed E-state index contributed by atoms with van der Waals surface area (Å²) < 4.78 is 0. The number of carbonyl (C=O) groups excluding carboxylic acids is 2. The molecule has 4 nitrogen and oxygen atoms in total. The molecule has 0 radical (unpaired) electrons. The quantitative estimate of drug-likeness (QED) is 0.903. The van der Waals surface area contributed by atoms with Gasteiger partial charge < -0.3 is 11.1 Å². The number of anilines is 1. The molecule has 0 aromatic heterocycles. The summed E-state index contributed by atoms with van der Waals surface area (Å²) in [4.78, 5) is 23.6. The van der Waals surface area contributed by atoms with Gasteiger partial charge in [-0.05, 0) is 30.0 Å². The molecule has 2 aromatic rings. The Hall–Kier alpha value is -2.62. The second kappa shape index (κ2) is 5.40. The number of benzene rings is 2. The number of hydrogen-bond donors (Lipinski definition) is 2. The fraction of sp³-hybridized carbons (Fsp3) is 0.176. The molecule has 0 spiro atoms. The van der Waals surface area contributed by atoms with Crippen LogP contribution in [-0.2, 0) is 4.79 Å². The average Bonchev–Trinajstić information content (AvgIpc) is 3.29. The van der Waals surface area contributed by atoms with Gasteiger partial charge in [-0.2, -0.15) is 0 Å². The highest BCUT2D eigenvalue weighted by atomic mass is 16.2. The molecule has 21 heavy (non-hydrogen) atoms. The fourth-order valence-electron chi connectivity index (χ4n) is 2.59. The highest BCUT2D eigenvalue weighted by Crippen LogP contribution is 2.47. The molecule has 1 aliphatic rings. The Morgan fingerprint density at radius 1 is 1.00 bits per heavy atom.